The maximum atomic E-state index is 6.43. The fourth-order valence-electron chi connectivity index (χ4n) is 5.76. The number of fused-ring (bicyclic) bond motifs is 2. The summed E-state index contributed by atoms with van der Waals surface area (Å²) in [5.74, 6) is 3.29. The van der Waals surface area contributed by atoms with Gasteiger partial charge >= 0.3 is 0 Å². The molecule has 1 saturated carbocycles. The Bertz CT molecular complexity index is 426. The second-order valence-corrected chi connectivity index (χ2v) is 8.86. The molecule has 2 saturated heterocycles. The van der Waals surface area contributed by atoms with E-state index >= 15 is 0 Å². The Morgan fingerprint density at radius 1 is 1.13 bits per heavy atom. The molecule has 2 bridgehead atoms. The molecular weight excluding hydrogens is 282 g/mol. The maximum absolute atomic E-state index is 6.43. The highest BCUT2D eigenvalue weighted by Crippen LogP contribution is 2.41. The van der Waals surface area contributed by atoms with E-state index in [2.05, 4.69) is 17.9 Å². The molecule has 23 heavy (non-hydrogen) atoms. The molecule has 4 aliphatic rings. The fraction of sp³-hybridized carbons (Fsp3) is 0.905. The first-order chi connectivity index (χ1) is 11.3. The number of ether oxygens (including phenoxy) is 1. The van der Waals surface area contributed by atoms with Crippen molar-refractivity contribution >= 4 is 0 Å². The zero-order valence-electron chi connectivity index (χ0n) is 15.0. The van der Waals surface area contributed by atoms with E-state index in [1.54, 1.807) is 5.57 Å². The van der Waals surface area contributed by atoms with Crippen molar-refractivity contribution in [3.63, 3.8) is 0 Å². The maximum Gasteiger partial charge on any atom is 0.0680 e. The van der Waals surface area contributed by atoms with Crippen LogP contribution in [0.25, 0.3) is 0 Å². The summed E-state index contributed by atoms with van der Waals surface area (Å²) in [6, 6.07) is 0. The van der Waals surface area contributed by atoms with Crippen molar-refractivity contribution in [3.8, 4) is 0 Å². The second kappa shape index (κ2) is 7.27. The first-order valence-electron chi connectivity index (χ1n) is 10.3. The van der Waals surface area contributed by atoms with Crippen molar-refractivity contribution < 1.29 is 4.74 Å². The predicted molar refractivity (Wildman–Crippen MR) is 95.5 cm³/mol. The average molecular weight is 318 g/mol. The molecule has 4 unspecified atom stereocenters. The molecule has 0 aromatic heterocycles. The molecule has 2 heteroatoms. The third-order valence-corrected chi connectivity index (χ3v) is 7.11. The van der Waals surface area contributed by atoms with Gasteiger partial charge in [0, 0.05) is 19.0 Å². The second-order valence-electron chi connectivity index (χ2n) is 8.86. The minimum atomic E-state index is 0.511. The van der Waals surface area contributed by atoms with Crippen LogP contribution in [0.3, 0.4) is 0 Å². The largest absolute Gasteiger partial charge is 0.377 e. The van der Waals surface area contributed by atoms with E-state index in [1.165, 1.54) is 77.4 Å². The molecule has 0 amide bonds. The van der Waals surface area contributed by atoms with Crippen LogP contribution in [0.4, 0.5) is 0 Å². The van der Waals surface area contributed by atoms with E-state index in [4.69, 9.17) is 4.74 Å². The molecule has 0 radical (unpaired) electrons. The van der Waals surface area contributed by atoms with Gasteiger partial charge in [0.1, 0.15) is 0 Å². The molecule has 0 spiro atoms. The van der Waals surface area contributed by atoms with E-state index < -0.39 is 0 Å². The van der Waals surface area contributed by atoms with Crippen LogP contribution in [0.2, 0.25) is 0 Å². The molecule has 0 aromatic carbocycles. The summed E-state index contributed by atoms with van der Waals surface area (Å²) in [6.07, 6.45) is 15.8. The lowest BCUT2D eigenvalue weighted by Gasteiger charge is -2.46. The first-order valence-corrected chi connectivity index (χ1v) is 10.3. The Hall–Kier alpha value is -0.340. The SMILES string of the molecule is CC1=CCC2COC(C3CCCN(CC4CCCCC4)C3)C1C2. The first kappa shape index (κ1) is 16.1. The number of likely N-dealkylation sites (tertiary alicyclic amines) is 1. The van der Waals surface area contributed by atoms with Crippen LogP contribution in [-0.4, -0.2) is 37.2 Å². The van der Waals surface area contributed by atoms with Crippen LogP contribution in [0.5, 0.6) is 0 Å². The quantitative estimate of drug-likeness (QED) is 0.703. The zero-order chi connectivity index (χ0) is 15.6. The smallest absolute Gasteiger partial charge is 0.0680 e. The Labute approximate surface area is 142 Å². The van der Waals surface area contributed by atoms with Crippen LogP contribution >= 0.6 is 0 Å². The van der Waals surface area contributed by atoms with Gasteiger partial charge in [0.15, 0.2) is 0 Å². The van der Waals surface area contributed by atoms with Gasteiger partial charge in [-0.2, -0.15) is 0 Å². The molecule has 2 heterocycles. The van der Waals surface area contributed by atoms with E-state index in [0.29, 0.717) is 6.10 Å². The molecule has 2 aliphatic carbocycles. The lowest BCUT2D eigenvalue weighted by molar-refractivity contribution is -0.0929. The van der Waals surface area contributed by atoms with Gasteiger partial charge in [-0.3, -0.25) is 0 Å². The van der Waals surface area contributed by atoms with Crippen LogP contribution in [0.15, 0.2) is 11.6 Å². The summed E-state index contributed by atoms with van der Waals surface area (Å²) in [6.45, 7) is 7.37. The summed E-state index contributed by atoms with van der Waals surface area (Å²) in [5, 5.41) is 0. The lowest BCUT2D eigenvalue weighted by Crippen LogP contribution is -2.48. The van der Waals surface area contributed by atoms with Crippen LogP contribution in [0, 0.1) is 23.7 Å². The normalized spacial score (nSPS) is 40.0. The third kappa shape index (κ3) is 3.69. The Morgan fingerprint density at radius 3 is 2.87 bits per heavy atom. The van der Waals surface area contributed by atoms with Gasteiger partial charge in [0.25, 0.3) is 0 Å². The Kier molecular flexibility index (Phi) is 5.10. The van der Waals surface area contributed by atoms with E-state index in [-0.39, 0.29) is 0 Å². The Balaban J connectivity index is 1.36. The van der Waals surface area contributed by atoms with Crippen LogP contribution in [0.1, 0.15) is 64.7 Å². The highest BCUT2D eigenvalue weighted by molar-refractivity contribution is 5.13. The summed E-state index contributed by atoms with van der Waals surface area (Å²) in [7, 11) is 0. The van der Waals surface area contributed by atoms with Gasteiger partial charge in [0.05, 0.1) is 12.7 Å². The molecule has 3 fully saturated rings. The molecule has 2 aliphatic heterocycles. The van der Waals surface area contributed by atoms with Crippen molar-refractivity contribution in [1.29, 1.82) is 0 Å². The van der Waals surface area contributed by atoms with Gasteiger partial charge in [0.2, 0.25) is 0 Å². The molecule has 4 rings (SSSR count). The van der Waals surface area contributed by atoms with Crippen molar-refractivity contribution in [2.75, 3.05) is 26.2 Å². The monoisotopic (exact) mass is 317 g/mol. The van der Waals surface area contributed by atoms with Crippen molar-refractivity contribution in [2.45, 2.75) is 70.8 Å². The van der Waals surface area contributed by atoms with Crippen LogP contribution in [-0.2, 0) is 4.74 Å². The molecule has 0 N–H and O–H groups in total. The zero-order valence-corrected chi connectivity index (χ0v) is 15.0. The summed E-state index contributed by atoms with van der Waals surface area (Å²) >= 11 is 0. The minimum absolute atomic E-state index is 0.511. The van der Waals surface area contributed by atoms with Gasteiger partial charge in [-0.25, -0.2) is 0 Å². The predicted octanol–water partition coefficient (Wildman–Crippen LogP) is 4.65. The van der Waals surface area contributed by atoms with Gasteiger partial charge < -0.3 is 9.64 Å². The number of hydrogen-bond acceptors (Lipinski definition) is 2. The van der Waals surface area contributed by atoms with E-state index in [9.17, 15) is 0 Å². The van der Waals surface area contributed by atoms with Gasteiger partial charge in [-0.1, -0.05) is 30.9 Å². The lowest BCUT2D eigenvalue weighted by atomic mass is 9.72. The summed E-state index contributed by atoms with van der Waals surface area (Å²) < 4.78 is 6.43. The molecule has 130 valence electrons. The topological polar surface area (TPSA) is 12.5 Å². The molecular formula is C21H35NO. The number of piperidine rings is 1. The average Bonchev–Trinajstić information content (AvgIpc) is 2.60. The van der Waals surface area contributed by atoms with Crippen molar-refractivity contribution in [1.82, 2.24) is 4.90 Å². The van der Waals surface area contributed by atoms with Crippen molar-refractivity contribution in [3.05, 3.63) is 11.6 Å². The number of hydrogen-bond donors (Lipinski definition) is 0. The highest BCUT2D eigenvalue weighted by Gasteiger charge is 2.40. The highest BCUT2D eigenvalue weighted by atomic mass is 16.5. The van der Waals surface area contributed by atoms with Crippen LogP contribution < -0.4 is 0 Å². The standard InChI is InChI=1S/C21H35NO/c1-16-9-10-18-12-20(16)21(23-15-18)19-8-5-11-22(14-19)13-17-6-3-2-4-7-17/h9,17-21H,2-8,10-15H2,1H3. The molecule has 0 aromatic rings. The third-order valence-electron chi connectivity index (χ3n) is 7.11. The number of rotatable bonds is 3. The summed E-state index contributed by atoms with van der Waals surface area (Å²) in [4.78, 5) is 2.79. The van der Waals surface area contributed by atoms with Gasteiger partial charge in [-0.05, 0) is 69.7 Å². The number of allylic oxidation sites excluding steroid dienone is 1. The number of nitrogens with zero attached hydrogens (tertiary/aromatic N) is 1. The molecule has 2 nitrogen and oxygen atoms in total. The fourth-order valence-corrected chi connectivity index (χ4v) is 5.76. The van der Waals surface area contributed by atoms with Crippen molar-refractivity contribution in [2.24, 2.45) is 23.7 Å². The summed E-state index contributed by atoms with van der Waals surface area (Å²) in [5.41, 5.74) is 1.62. The van der Waals surface area contributed by atoms with E-state index in [0.717, 1.165) is 30.3 Å². The minimum Gasteiger partial charge on any atom is -0.377 e. The Morgan fingerprint density at radius 2 is 2.00 bits per heavy atom. The van der Waals surface area contributed by atoms with E-state index in [1.807, 2.05) is 0 Å². The molecule has 4 atom stereocenters. The van der Waals surface area contributed by atoms with Gasteiger partial charge in [-0.15, -0.1) is 0 Å².